The van der Waals surface area contributed by atoms with Gasteiger partial charge in [-0.15, -0.1) is 0 Å². The first kappa shape index (κ1) is 15.7. The first-order valence-electron chi connectivity index (χ1n) is 7.58. The number of amides is 1. The van der Waals surface area contributed by atoms with Crippen LogP contribution >= 0.6 is 0 Å². The molecule has 0 radical (unpaired) electrons. The molecule has 0 unspecified atom stereocenters. The van der Waals surface area contributed by atoms with Gasteiger partial charge in [-0.2, -0.15) is 0 Å². The molecule has 0 spiro atoms. The lowest BCUT2D eigenvalue weighted by Crippen LogP contribution is -2.24. The second-order valence-electron chi connectivity index (χ2n) is 5.26. The van der Waals surface area contributed by atoms with Crippen LogP contribution in [0, 0.1) is 0 Å². The number of ether oxygens (including phenoxy) is 1. The van der Waals surface area contributed by atoms with Crippen LogP contribution in [0.25, 0.3) is 5.82 Å². The molecular formula is C18H18N4O2. The van der Waals surface area contributed by atoms with Crippen molar-refractivity contribution < 1.29 is 9.53 Å². The summed E-state index contributed by atoms with van der Waals surface area (Å²) < 4.78 is 7.08. The van der Waals surface area contributed by atoms with E-state index in [0.717, 1.165) is 22.7 Å². The topological polar surface area (TPSA) is 69.0 Å². The molecule has 2 heterocycles. The van der Waals surface area contributed by atoms with Crippen molar-refractivity contribution in [1.82, 2.24) is 19.9 Å². The Morgan fingerprint density at radius 1 is 1.25 bits per heavy atom. The first-order chi connectivity index (χ1) is 11.8. The number of rotatable bonds is 6. The van der Waals surface area contributed by atoms with Gasteiger partial charge in [0.1, 0.15) is 17.9 Å². The second-order valence-corrected chi connectivity index (χ2v) is 5.26. The van der Waals surface area contributed by atoms with Gasteiger partial charge in [-0.3, -0.25) is 9.36 Å². The fourth-order valence-electron chi connectivity index (χ4n) is 2.35. The van der Waals surface area contributed by atoms with Crippen molar-refractivity contribution in [2.75, 3.05) is 7.11 Å². The summed E-state index contributed by atoms with van der Waals surface area (Å²) in [5.74, 6) is 1.45. The standard InChI is InChI=1S/C18H18N4O2/c1-24-16-5-3-2-4-15(16)10-18(23)21-12-14-6-7-17(20-11-14)22-9-8-19-13-22/h2-9,11,13H,10,12H2,1H3,(H,21,23). The number of carbonyl (C=O) groups excluding carboxylic acids is 1. The van der Waals surface area contributed by atoms with Gasteiger partial charge in [-0.1, -0.05) is 24.3 Å². The van der Waals surface area contributed by atoms with Crippen LogP contribution in [0.2, 0.25) is 0 Å². The van der Waals surface area contributed by atoms with Gasteiger partial charge >= 0.3 is 0 Å². The zero-order valence-electron chi connectivity index (χ0n) is 13.3. The normalized spacial score (nSPS) is 10.4. The highest BCUT2D eigenvalue weighted by molar-refractivity contribution is 5.79. The van der Waals surface area contributed by atoms with Crippen molar-refractivity contribution in [3.05, 3.63) is 72.4 Å². The van der Waals surface area contributed by atoms with E-state index < -0.39 is 0 Å². The number of aromatic nitrogens is 3. The third kappa shape index (κ3) is 3.78. The Balaban J connectivity index is 1.56. The third-order valence-corrected chi connectivity index (χ3v) is 3.61. The molecule has 6 nitrogen and oxygen atoms in total. The number of pyridine rings is 1. The van der Waals surface area contributed by atoms with E-state index in [0.29, 0.717) is 6.54 Å². The minimum atomic E-state index is -0.0572. The van der Waals surface area contributed by atoms with Crippen molar-refractivity contribution in [2.45, 2.75) is 13.0 Å². The number of nitrogens with zero attached hydrogens (tertiary/aromatic N) is 3. The van der Waals surface area contributed by atoms with Crippen molar-refractivity contribution in [1.29, 1.82) is 0 Å². The summed E-state index contributed by atoms with van der Waals surface area (Å²) in [5.41, 5.74) is 1.80. The maximum atomic E-state index is 12.1. The number of methoxy groups -OCH3 is 1. The van der Waals surface area contributed by atoms with E-state index in [1.165, 1.54) is 0 Å². The predicted molar refractivity (Wildman–Crippen MR) is 89.9 cm³/mol. The molecule has 0 atom stereocenters. The summed E-state index contributed by atoms with van der Waals surface area (Å²) in [7, 11) is 1.60. The molecule has 0 saturated heterocycles. The lowest BCUT2D eigenvalue weighted by atomic mass is 10.1. The largest absolute Gasteiger partial charge is 0.496 e. The molecule has 0 aliphatic heterocycles. The summed E-state index contributed by atoms with van der Waals surface area (Å²) in [4.78, 5) is 20.5. The molecule has 3 rings (SSSR count). The lowest BCUT2D eigenvalue weighted by Gasteiger charge is -2.09. The van der Waals surface area contributed by atoms with Crippen LogP contribution in [0.5, 0.6) is 5.75 Å². The summed E-state index contributed by atoms with van der Waals surface area (Å²) in [6.07, 6.45) is 7.25. The van der Waals surface area contributed by atoms with E-state index in [-0.39, 0.29) is 12.3 Å². The maximum Gasteiger partial charge on any atom is 0.224 e. The summed E-state index contributed by atoms with van der Waals surface area (Å²) >= 11 is 0. The molecule has 1 aromatic carbocycles. The Morgan fingerprint density at radius 3 is 2.83 bits per heavy atom. The average molecular weight is 322 g/mol. The van der Waals surface area contributed by atoms with E-state index >= 15 is 0 Å². The molecule has 6 heteroatoms. The van der Waals surface area contributed by atoms with Crippen molar-refractivity contribution in [3.63, 3.8) is 0 Å². The van der Waals surface area contributed by atoms with Gasteiger partial charge in [0.2, 0.25) is 5.91 Å². The van der Waals surface area contributed by atoms with Crippen LogP contribution in [0.15, 0.2) is 61.3 Å². The molecule has 1 amide bonds. The first-order valence-corrected chi connectivity index (χ1v) is 7.58. The SMILES string of the molecule is COc1ccccc1CC(=O)NCc1ccc(-n2ccnc2)nc1. The molecule has 122 valence electrons. The van der Waals surface area contributed by atoms with Gasteiger partial charge in [-0.05, 0) is 17.7 Å². The van der Waals surface area contributed by atoms with E-state index in [1.807, 2.05) is 47.2 Å². The molecule has 0 fully saturated rings. The minimum absolute atomic E-state index is 0.0572. The van der Waals surface area contributed by atoms with Crippen molar-refractivity contribution in [2.24, 2.45) is 0 Å². The molecule has 2 aromatic heterocycles. The highest BCUT2D eigenvalue weighted by Crippen LogP contribution is 2.17. The number of carbonyl (C=O) groups is 1. The molecule has 0 bridgehead atoms. The molecule has 0 saturated carbocycles. The third-order valence-electron chi connectivity index (χ3n) is 3.61. The van der Waals surface area contributed by atoms with Gasteiger partial charge in [0.25, 0.3) is 0 Å². The summed E-state index contributed by atoms with van der Waals surface area (Å²) in [5, 5.41) is 2.90. The van der Waals surface area contributed by atoms with E-state index in [4.69, 9.17) is 4.74 Å². The Kier molecular flexibility index (Phi) is 4.86. The Morgan fingerprint density at radius 2 is 2.12 bits per heavy atom. The zero-order chi connectivity index (χ0) is 16.8. The molecule has 24 heavy (non-hydrogen) atoms. The quantitative estimate of drug-likeness (QED) is 0.755. The van der Waals surface area contributed by atoms with Gasteiger partial charge in [-0.25, -0.2) is 9.97 Å². The highest BCUT2D eigenvalue weighted by atomic mass is 16.5. The number of benzene rings is 1. The summed E-state index contributed by atoms with van der Waals surface area (Å²) in [6, 6.07) is 11.3. The van der Waals surface area contributed by atoms with E-state index in [9.17, 15) is 4.79 Å². The number of imidazole rings is 1. The number of hydrogen-bond acceptors (Lipinski definition) is 4. The van der Waals surface area contributed by atoms with E-state index in [2.05, 4.69) is 15.3 Å². The van der Waals surface area contributed by atoms with Gasteiger partial charge in [0.05, 0.1) is 13.5 Å². The van der Waals surface area contributed by atoms with Crippen molar-refractivity contribution >= 4 is 5.91 Å². The Bertz CT molecular complexity index is 798. The molecule has 0 aliphatic carbocycles. The smallest absolute Gasteiger partial charge is 0.224 e. The van der Waals surface area contributed by atoms with Crippen LogP contribution in [-0.4, -0.2) is 27.6 Å². The number of para-hydroxylation sites is 1. The van der Waals surface area contributed by atoms with Gasteiger partial charge in [0.15, 0.2) is 0 Å². The number of hydrogen-bond donors (Lipinski definition) is 1. The zero-order valence-corrected chi connectivity index (χ0v) is 13.3. The Hall–Kier alpha value is -3.15. The Labute approximate surface area is 140 Å². The summed E-state index contributed by atoms with van der Waals surface area (Å²) in [6.45, 7) is 0.436. The molecule has 3 aromatic rings. The number of nitrogens with one attached hydrogen (secondary N) is 1. The fourth-order valence-corrected chi connectivity index (χ4v) is 2.35. The van der Waals surface area contributed by atoms with Gasteiger partial charge in [0, 0.05) is 30.7 Å². The van der Waals surface area contributed by atoms with E-state index in [1.54, 1.807) is 25.8 Å². The van der Waals surface area contributed by atoms with Crippen LogP contribution in [0.3, 0.4) is 0 Å². The van der Waals surface area contributed by atoms with Crippen molar-refractivity contribution in [3.8, 4) is 11.6 Å². The second kappa shape index (κ2) is 7.41. The molecular weight excluding hydrogens is 304 g/mol. The van der Waals surface area contributed by atoms with Crippen LogP contribution in [0.1, 0.15) is 11.1 Å². The lowest BCUT2D eigenvalue weighted by molar-refractivity contribution is -0.120. The molecule has 1 N–H and O–H groups in total. The fraction of sp³-hybridized carbons (Fsp3) is 0.167. The predicted octanol–water partition coefficient (Wildman–Crippen LogP) is 2.13. The van der Waals surface area contributed by atoms with Crippen LogP contribution < -0.4 is 10.1 Å². The maximum absolute atomic E-state index is 12.1. The van der Waals surface area contributed by atoms with Gasteiger partial charge < -0.3 is 10.1 Å². The highest BCUT2D eigenvalue weighted by Gasteiger charge is 2.08. The average Bonchev–Trinajstić information content (AvgIpc) is 3.15. The van der Waals surface area contributed by atoms with Crippen LogP contribution in [-0.2, 0) is 17.8 Å². The monoisotopic (exact) mass is 322 g/mol. The minimum Gasteiger partial charge on any atom is -0.496 e. The molecule has 0 aliphatic rings. The van der Waals surface area contributed by atoms with Crippen LogP contribution in [0.4, 0.5) is 0 Å².